The first-order chi connectivity index (χ1) is 61.1. The lowest BCUT2D eigenvalue weighted by atomic mass is 9.78. The van der Waals surface area contributed by atoms with Gasteiger partial charge in [-0.15, -0.1) is 11.3 Å². The van der Waals surface area contributed by atoms with Crippen LogP contribution in [0.5, 0.6) is 0 Å². The Balaban J connectivity index is 0.562. The molecule has 0 amide bonds. The summed E-state index contributed by atoms with van der Waals surface area (Å²) in [5, 5.41) is 10.7. The molecule has 3 unspecified atom stereocenters. The number of aryl methyl sites for hydroxylation is 3. The Morgan fingerprint density at radius 3 is 1.44 bits per heavy atom. The highest BCUT2D eigenvalue weighted by molar-refractivity contribution is 7.25. The molecule has 14 aromatic carbocycles. The quantitative estimate of drug-likeness (QED) is 0.0906. The first-order valence-corrected chi connectivity index (χ1v) is 43.9. The average Bonchev–Trinajstić information content (AvgIpc) is 1.58. The van der Waals surface area contributed by atoms with Crippen molar-refractivity contribution in [1.29, 1.82) is 0 Å². The normalized spacial score (nSPS) is 12.9. The van der Waals surface area contributed by atoms with E-state index in [0.29, 0.717) is 0 Å². The van der Waals surface area contributed by atoms with E-state index in [0.717, 1.165) is 130 Å². The van der Waals surface area contributed by atoms with Crippen molar-refractivity contribution < 1.29 is 4.42 Å². The van der Waals surface area contributed by atoms with E-state index in [1.165, 1.54) is 125 Å². The van der Waals surface area contributed by atoms with Crippen LogP contribution in [0.3, 0.4) is 0 Å². The molecule has 10 nitrogen and oxygen atoms in total. The molecule has 24 rings (SSSR count). The molecule has 0 spiro atoms. The van der Waals surface area contributed by atoms with Gasteiger partial charge < -0.3 is 22.7 Å². The van der Waals surface area contributed by atoms with Gasteiger partial charge in [0.05, 0.1) is 61.0 Å². The Morgan fingerprint density at radius 1 is 0.323 bits per heavy atom. The van der Waals surface area contributed by atoms with Gasteiger partial charge in [0.1, 0.15) is 22.4 Å². The minimum atomic E-state index is 0.192. The van der Waals surface area contributed by atoms with Crippen LogP contribution in [0.2, 0.25) is 0 Å². The number of aromatic nitrogens is 9. The topological polar surface area (TPSA) is 89.4 Å². The highest BCUT2D eigenvalue weighted by atomic mass is 32.1. The van der Waals surface area contributed by atoms with Gasteiger partial charge >= 0.3 is 0 Å². The van der Waals surface area contributed by atoms with E-state index in [1.807, 2.05) is 54.3 Å². The SMILES string of the molecule is CCC(CC(CC(C)c1cccc(-n2c3ccccc3c3cc(-c4ccc5sc6ccc(-c7cccc(-n8c9ccccc9c9ccccc98)c7)cc6c5c4)ccc32)c1)c1ccc(-c2nccn2-c2c(C)cc(C)cc2C)cc1)c1cccc(-n2c3ccc(-c4cc(-n5c6cccnc6c6ncccc65)c5oc6ccccc6c5c4)cc3c3ncccc32)c1. The fraction of sp³-hybridized carbons (Fsp3) is 0.0973. The molecule has 0 bridgehead atoms. The van der Waals surface area contributed by atoms with E-state index in [2.05, 4.69) is 373 Å². The third-order valence-corrected chi connectivity index (χ3v) is 27.6. The molecule has 24 aromatic rings. The zero-order valence-corrected chi connectivity index (χ0v) is 70.1. The molecule has 10 aromatic heterocycles. The van der Waals surface area contributed by atoms with Crippen molar-refractivity contribution in [2.75, 3.05) is 0 Å². The molecule has 3 atom stereocenters. The summed E-state index contributed by atoms with van der Waals surface area (Å²) in [7, 11) is 0. The van der Waals surface area contributed by atoms with Gasteiger partial charge in [-0.05, 0) is 277 Å². The van der Waals surface area contributed by atoms with Gasteiger partial charge in [0.15, 0.2) is 5.58 Å². The minimum Gasteiger partial charge on any atom is -0.454 e. The van der Waals surface area contributed by atoms with Crippen molar-refractivity contribution in [2.45, 2.75) is 71.6 Å². The Morgan fingerprint density at radius 2 is 0.798 bits per heavy atom. The second kappa shape index (κ2) is 29.1. The zero-order chi connectivity index (χ0) is 82.5. The van der Waals surface area contributed by atoms with Crippen LogP contribution < -0.4 is 0 Å². The monoisotopic (exact) mass is 1610 g/mol. The molecule has 11 heteroatoms. The van der Waals surface area contributed by atoms with Gasteiger partial charge in [0, 0.05) is 111 Å². The van der Waals surface area contributed by atoms with Crippen LogP contribution in [0.4, 0.5) is 0 Å². The van der Waals surface area contributed by atoms with Crippen LogP contribution in [0.25, 0.3) is 203 Å². The standard InChI is InChI=1S/C113H83N9OS/c1-6-72(76-22-16-26-86(60-76)121-100-47-43-81(65-95(100)108-101(121)34-18-50-114-108)83-66-94-90-30-10-14-37-105(90)123-112(94)104(67-83)122-102-35-19-51-115-109(102)110-103(122)36-20-52-116-110)58-82(73-38-40-74(41-39-73)113-117-53-54-118(113)111-70(4)55-68(2)56-71(111)5)57-69(3)75-21-15-24-84(59-75)120-98-33-13-9-29-89(98)91-62-78(42-46-99(91)120)80-45-49-107-93(64-80)92-63-79(44-48-106(92)124-107)77-23-17-25-85(61-77)119-96-31-11-7-27-87(96)88-28-8-12-32-97(88)119/h7-56,59-67,69,72,82H,6,57-58H2,1-5H3. The van der Waals surface area contributed by atoms with Gasteiger partial charge in [-0.1, -0.05) is 189 Å². The summed E-state index contributed by atoms with van der Waals surface area (Å²) >= 11 is 1.87. The molecule has 0 saturated carbocycles. The van der Waals surface area contributed by atoms with Crippen molar-refractivity contribution in [1.82, 2.24) is 42.8 Å². The van der Waals surface area contributed by atoms with Crippen LogP contribution >= 0.6 is 11.3 Å². The Bertz CT molecular complexity index is 8340. The molecular formula is C113H83N9OS. The second-order valence-electron chi connectivity index (χ2n) is 33.9. The van der Waals surface area contributed by atoms with Crippen molar-refractivity contribution in [3.63, 3.8) is 0 Å². The number of pyridine rings is 3. The predicted molar refractivity (Wildman–Crippen MR) is 517 cm³/mol. The van der Waals surface area contributed by atoms with Crippen molar-refractivity contribution >= 4 is 141 Å². The van der Waals surface area contributed by atoms with Crippen LogP contribution in [0.15, 0.2) is 363 Å². The van der Waals surface area contributed by atoms with Gasteiger partial charge in [-0.2, -0.15) is 0 Å². The number of para-hydroxylation sites is 4. The van der Waals surface area contributed by atoms with Gasteiger partial charge in [0.2, 0.25) is 0 Å². The van der Waals surface area contributed by atoms with Crippen molar-refractivity contribution in [3.05, 3.63) is 392 Å². The van der Waals surface area contributed by atoms with Crippen molar-refractivity contribution in [2.24, 2.45) is 0 Å². The van der Waals surface area contributed by atoms with Gasteiger partial charge in [-0.25, -0.2) is 4.98 Å². The lowest BCUT2D eigenvalue weighted by molar-refractivity contribution is 0.467. The van der Waals surface area contributed by atoms with E-state index in [1.54, 1.807) is 0 Å². The summed E-state index contributed by atoms with van der Waals surface area (Å²) in [4.78, 5) is 20.0. The predicted octanol–water partition coefficient (Wildman–Crippen LogP) is 30.2. The third kappa shape index (κ3) is 11.9. The van der Waals surface area contributed by atoms with Crippen LogP contribution in [-0.2, 0) is 0 Å². The first-order valence-electron chi connectivity index (χ1n) is 43.1. The Kier molecular flexibility index (Phi) is 17.1. The van der Waals surface area contributed by atoms with E-state index in [-0.39, 0.29) is 17.8 Å². The molecule has 10 heterocycles. The molecule has 0 N–H and O–H groups in total. The largest absolute Gasteiger partial charge is 0.454 e. The molecule has 0 saturated heterocycles. The van der Waals surface area contributed by atoms with E-state index in [4.69, 9.17) is 24.4 Å². The van der Waals surface area contributed by atoms with E-state index < -0.39 is 0 Å². The highest BCUT2D eigenvalue weighted by Gasteiger charge is 2.28. The number of furan rings is 1. The lowest BCUT2D eigenvalue weighted by Gasteiger charge is -2.27. The number of thiophene rings is 1. The molecule has 592 valence electrons. The summed E-state index contributed by atoms with van der Waals surface area (Å²) in [6, 6.07) is 122. The Hall–Kier alpha value is -15.0. The number of benzene rings is 14. The smallest absolute Gasteiger partial charge is 0.159 e. The first kappa shape index (κ1) is 72.9. The molecule has 0 aliphatic carbocycles. The Labute approximate surface area is 720 Å². The second-order valence-corrected chi connectivity index (χ2v) is 35.0. The van der Waals surface area contributed by atoms with Crippen molar-refractivity contribution in [3.8, 4) is 73.2 Å². The number of fused-ring (bicyclic) bond motifs is 18. The summed E-state index contributed by atoms with van der Waals surface area (Å²) in [6.07, 6.45) is 12.5. The van der Waals surface area contributed by atoms with Crippen LogP contribution in [0.1, 0.15) is 84.2 Å². The molecule has 0 aliphatic heterocycles. The van der Waals surface area contributed by atoms with Crippen LogP contribution in [0, 0.1) is 20.8 Å². The zero-order valence-electron chi connectivity index (χ0n) is 69.3. The van der Waals surface area contributed by atoms with Crippen LogP contribution in [-0.4, -0.2) is 42.8 Å². The molecule has 0 aliphatic rings. The summed E-state index contributed by atoms with van der Waals surface area (Å²) < 4.78 is 21.3. The fourth-order valence-electron chi connectivity index (χ4n) is 20.8. The molecular weight excluding hydrogens is 1530 g/mol. The minimum absolute atomic E-state index is 0.192. The van der Waals surface area contributed by atoms with E-state index in [9.17, 15) is 0 Å². The maximum Gasteiger partial charge on any atom is 0.159 e. The number of imidazole rings is 1. The maximum atomic E-state index is 6.84. The molecule has 0 fully saturated rings. The van der Waals surface area contributed by atoms with Gasteiger partial charge in [0.25, 0.3) is 0 Å². The third-order valence-electron chi connectivity index (χ3n) is 26.5. The number of hydrogen-bond acceptors (Lipinski definition) is 6. The summed E-state index contributed by atoms with van der Waals surface area (Å²) in [5.74, 6) is 1.55. The maximum absolute atomic E-state index is 6.84. The highest BCUT2D eigenvalue weighted by Crippen LogP contribution is 2.48. The van der Waals surface area contributed by atoms with E-state index >= 15 is 0 Å². The number of hydrogen-bond donors (Lipinski definition) is 0. The fourth-order valence-corrected chi connectivity index (χ4v) is 21.9. The molecule has 0 radical (unpaired) electrons. The number of rotatable bonds is 17. The average molecular weight is 1620 g/mol. The molecule has 124 heavy (non-hydrogen) atoms. The summed E-state index contributed by atoms with van der Waals surface area (Å²) in [6.45, 7) is 11.4. The summed E-state index contributed by atoms with van der Waals surface area (Å²) in [5.41, 5.74) is 34.4. The van der Waals surface area contributed by atoms with Gasteiger partial charge in [-0.3, -0.25) is 19.5 Å². The number of nitrogens with zero attached hydrogens (tertiary/aromatic N) is 9. The lowest BCUT2D eigenvalue weighted by Crippen LogP contribution is -2.11.